The SMILES string of the molecule is Cc1cc(C)nc(NS(=O)(=O)c2ccc(NC(=O)c3ccn(Cn4nc(C)c([N+](=O)[O-])c4C)n3)cc2)n1. The number of hydrogen-bond donors (Lipinski definition) is 2. The van der Waals surface area contributed by atoms with E-state index in [1.54, 1.807) is 40.0 Å². The zero-order chi connectivity index (χ0) is 26.9. The second-order valence-electron chi connectivity index (χ2n) is 8.22. The smallest absolute Gasteiger partial charge is 0.312 e. The molecule has 4 rings (SSSR count). The number of hydrogen-bond acceptors (Lipinski definition) is 9. The molecule has 2 N–H and O–H groups in total. The van der Waals surface area contributed by atoms with Crippen molar-refractivity contribution in [3.8, 4) is 0 Å². The zero-order valence-electron chi connectivity index (χ0n) is 20.3. The van der Waals surface area contributed by atoms with Crippen molar-refractivity contribution in [1.82, 2.24) is 29.5 Å². The molecule has 1 aromatic carbocycles. The van der Waals surface area contributed by atoms with Crippen LogP contribution >= 0.6 is 0 Å². The van der Waals surface area contributed by atoms with Crippen molar-refractivity contribution in [2.75, 3.05) is 10.0 Å². The number of nitrogens with zero attached hydrogens (tertiary/aromatic N) is 7. The number of amides is 1. The van der Waals surface area contributed by atoms with E-state index in [1.165, 1.54) is 39.7 Å². The number of aromatic nitrogens is 6. The lowest BCUT2D eigenvalue weighted by atomic mass is 10.3. The molecule has 0 unspecified atom stereocenters. The molecule has 0 spiro atoms. The minimum atomic E-state index is -3.93. The molecule has 0 aliphatic heterocycles. The summed E-state index contributed by atoms with van der Waals surface area (Å²) >= 11 is 0. The van der Waals surface area contributed by atoms with Gasteiger partial charge in [-0.15, -0.1) is 0 Å². The topological polar surface area (TPSA) is 180 Å². The molecule has 0 aliphatic carbocycles. The molecule has 4 aromatic rings. The Balaban J connectivity index is 1.42. The Hall–Kier alpha value is -4.66. The van der Waals surface area contributed by atoms with Gasteiger partial charge in [0.1, 0.15) is 18.1 Å². The molecule has 37 heavy (non-hydrogen) atoms. The second kappa shape index (κ2) is 9.77. The standard InChI is InChI=1S/C22H23N9O5S/c1-13-11-14(2)24-22(23-13)28-37(35,36)18-7-5-17(6-8-18)25-21(32)19-9-10-29(27-19)12-30-16(4)20(31(33)34)15(3)26-30/h5-11H,12H2,1-4H3,(H,25,32)(H,23,24,28). The Bertz CT molecular complexity index is 1590. The van der Waals surface area contributed by atoms with Gasteiger partial charge in [0.2, 0.25) is 5.95 Å². The van der Waals surface area contributed by atoms with Gasteiger partial charge in [-0.25, -0.2) is 27.8 Å². The second-order valence-corrected chi connectivity index (χ2v) is 9.90. The third kappa shape index (κ3) is 5.61. The van der Waals surface area contributed by atoms with Crippen LogP contribution < -0.4 is 10.0 Å². The number of rotatable bonds is 8. The van der Waals surface area contributed by atoms with Gasteiger partial charge in [0, 0.05) is 23.3 Å². The van der Waals surface area contributed by atoms with Gasteiger partial charge in [-0.3, -0.25) is 19.6 Å². The van der Waals surface area contributed by atoms with Crippen LogP contribution in [-0.2, 0) is 16.7 Å². The molecule has 3 heterocycles. The minimum Gasteiger partial charge on any atom is -0.321 e. The lowest BCUT2D eigenvalue weighted by Gasteiger charge is -2.09. The first-order chi connectivity index (χ1) is 17.4. The molecule has 14 nitrogen and oxygen atoms in total. The van der Waals surface area contributed by atoms with Crippen LogP contribution in [0.2, 0.25) is 0 Å². The summed E-state index contributed by atoms with van der Waals surface area (Å²) < 4.78 is 30.6. The van der Waals surface area contributed by atoms with E-state index in [9.17, 15) is 23.3 Å². The average molecular weight is 526 g/mol. The van der Waals surface area contributed by atoms with Gasteiger partial charge in [0.15, 0.2) is 5.69 Å². The molecule has 0 bridgehead atoms. The van der Waals surface area contributed by atoms with Crippen LogP contribution in [0.15, 0.2) is 47.5 Å². The Morgan fingerprint density at radius 3 is 2.27 bits per heavy atom. The number of benzene rings is 1. The molecule has 0 saturated heterocycles. The molecule has 0 saturated carbocycles. The van der Waals surface area contributed by atoms with Crippen molar-refractivity contribution in [3.05, 3.63) is 81.2 Å². The minimum absolute atomic E-state index is 0.0273. The molecular weight excluding hydrogens is 502 g/mol. The van der Waals surface area contributed by atoms with E-state index in [0.717, 1.165) is 0 Å². The quantitative estimate of drug-likeness (QED) is 0.258. The van der Waals surface area contributed by atoms with E-state index in [4.69, 9.17) is 0 Å². The van der Waals surface area contributed by atoms with Gasteiger partial charge in [-0.1, -0.05) is 0 Å². The van der Waals surface area contributed by atoms with Crippen LogP contribution in [0.25, 0.3) is 0 Å². The number of nitro groups is 1. The first-order valence-corrected chi connectivity index (χ1v) is 12.4. The largest absolute Gasteiger partial charge is 0.321 e. The van der Waals surface area contributed by atoms with Crippen LogP contribution in [-0.4, -0.2) is 48.8 Å². The van der Waals surface area contributed by atoms with Gasteiger partial charge in [-0.2, -0.15) is 10.2 Å². The van der Waals surface area contributed by atoms with Gasteiger partial charge in [-0.05, 0) is 64.1 Å². The van der Waals surface area contributed by atoms with Crippen LogP contribution in [0.4, 0.5) is 17.3 Å². The van der Waals surface area contributed by atoms with E-state index < -0.39 is 20.9 Å². The summed E-state index contributed by atoms with van der Waals surface area (Å²) in [4.78, 5) is 31.5. The van der Waals surface area contributed by atoms with Crippen LogP contribution in [0.5, 0.6) is 0 Å². The Morgan fingerprint density at radius 1 is 1.03 bits per heavy atom. The normalized spacial score (nSPS) is 11.4. The Kier molecular flexibility index (Phi) is 6.72. The fourth-order valence-corrected chi connectivity index (χ4v) is 4.60. The van der Waals surface area contributed by atoms with Gasteiger partial charge < -0.3 is 5.32 Å². The highest BCUT2D eigenvalue weighted by Gasteiger charge is 2.22. The molecule has 0 fully saturated rings. The molecule has 1 amide bonds. The number of carbonyl (C=O) groups excluding carboxylic acids is 1. The summed E-state index contributed by atoms with van der Waals surface area (Å²) in [7, 11) is -3.93. The third-order valence-corrected chi connectivity index (χ3v) is 6.65. The molecule has 15 heteroatoms. The average Bonchev–Trinajstić information content (AvgIpc) is 3.37. The summed E-state index contributed by atoms with van der Waals surface area (Å²) in [5, 5.41) is 22.2. The van der Waals surface area contributed by atoms with Gasteiger partial charge in [0.05, 0.1) is 9.82 Å². The number of nitrogens with one attached hydrogen (secondary N) is 2. The maximum atomic E-state index is 12.7. The third-order valence-electron chi connectivity index (χ3n) is 5.31. The molecule has 0 radical (unpaired) electrons. The number of sulfonamides is 1. The highest BCUT2D eigenvalue weighted by molar-refractivity contribution is 7.92. The number of aryl methyl sites for hydroxylation is 3. The zero-order valence-corrected chi connectivity index (χ0v) is 21.1. The number of anilines is 2. The monoisotopic (exact) mass is 525 g/mol. The molecule has 3 aromatic heterocycles. The predicted molar refractivity (Wildman–Crippen MR) is 133 cm³/mol. The highest BCUT2D eigenvalue weighted by Crippen LogP contribution is 2.22. The summed E-state index contributed by atoms with van der Waals surface area (Å²) in [6.45, 7) is 6.69. The van der Waals surface area contributed by atoms with Gasteiger partial charge >= 0.3 is 5.69 Å². The summed E-state index contributed by atoms with van der Waals surface area (Å²) in [6.07, 6.45) is 1.55. The fraction of sp³-hybridized carbons (Fsp3) is 0.227. The first kappa shape index (κ1) is 25.4. The summed E-state index contributed by atoms with van der Waals surface area (Å²) in [5.74, 6) is -0.545. The van der Waals surface area contributed by atoms with Crippen molar-refractivity contribution in [1.29, 1.82) is 0 Å². The predicted octanol–water partition coefficient (Wildman–Crippen LogP) is 2.57. The molecule has 0 atom stereocenters. The maximum Gasteiger partial charge on any atom is 0.312 e. The molecule has 0 aliphatic rings. The first-order valence-electron chi connectivity index (χ1n) is 10.9. The van der Waals surface area contributed by atoms with Crippen molar-refractivity contribution >= 4 is 33.3 Å². The highest BCUT2D eigenvalue weighted by atomic mass is 32.2. The van der Waals surface area contributed by atoms with Crippen molar-refractivity contribution < 1.29 is 18.1 Å². The molecular formula is C22H23N9O5S. The van der Waals surface area contributed by atoms with E-state index in [1.807, 2.05) is 0 Å². The van der Waals surface area contributed by atoms with E-state index >= 15 is 0 Å². The Labute approximate surface area is 211 Å². The number of carbonyl (C=O) groups is 1. The van der Waals surface area contributed by atoms with Crippen molar-refractivity contribution in [2.45, 2.75) is 39.3 Å². The fourth-order valence-electron chi connectivity index (χ4n) is 3.65. The van der Waals surface area contributed by atoms with E-state index in [-0.39, 0.29) is 34.6 Å². The van der Waals surface area contributed by atoms with Crippen LogP contribution in [0.3, 0.4) is 0 Å². The van der Waals surface area contributed by atoms with Crippen molar-refractivity contribution in [2.24, 2.45) is 0 Å². The maximum absolute atomic E-state index is 12.7. The lowest BCUT2D eigenvalue weighted by Crippen LogP contribution is -2.17. The lowest BCUT2D eigenvalue weighted by molar-refractivity contribution is -0.386. The van der Waals surface area contributed by atoms with E-state index in [0.29, 0.717) is 22.8 Å². The summed E-state index contributed by atoms with van der Waals surface area (Å²) in [5.41, 5.74) is 2.31. The van der Waals surface area contributed by atoms with Crippen molar-refractivity contribution in [3.63, 3.8) is 0 Å². The van der Waals surface area contributed by atoms with Gasteiger partial charge in [0.25, 0.3) is 15.9 Å². The van der Waals surface area contributed by atoms with Crippen LogP contribution in [0.1, 0.15) is 33.3 Å². The van der Waals surface area contributed by atoms with E-state index in [2.05, 4.69) is 30.2 Å². The molecule has 192 valence electrons. The Morgan fingerprint density at radius 2 is 1.68 bits per heavy atom. The summed E-state index contributed by atoms with van der Waals surface area (Å²) in [6, 6.07) is 8.79. The van der Waals surface area contributed by atoms with Crippen LogP contribution in [0, 0.1) is 37.8 Å².